The zero-order valence-electron chi connectivity index (χ0n) is 10.3. The molecule has 0 bridgehead atoms. The normalized spacial score (nSPS) is 10.2. The Morgan fingerprint density at radius 2 is 1.83 bits per heavy atom. The van der Waals surface area contributed by atoms with E-state index < -0.39 is 6.16 Å². The molecule has 1 rings (SSSR count). The van der Waals surface area contributed by atoms with Crippen molar-refractivity contribution in [3.8, 4) is 5.75 Å². The van der Waals surface area contributed by atoms with Crippen LogP contribution in [0.15, 0.2) is 24.3 Å². The van der Waals surface area contributed by atoms with Gasteiger partial charge in [-0.15, -0.1) is 0 Å². The molecule has 98 valence electrons. The molecule has 18 heavy (non-hydrogen) atoms. The van der Waals surface area contributed by atoms with Gasteiger partial charge in [0, 0.05) is 28.2 Å². The fourth-order valence-corrected chi connectivity index (χ4v) is 1.52. The molecule has 0 saturated carbocycles. The van der Waals surface area contributed by atoms with Crippen molar-refractivity contribution in [2.45, 2.75) is 20.3 Å². The van der Waals surface area contributed by atoms with Gasteiger partial charge in [-0.1, -0.05) is 13.8 Å². The molecule has 0 saturated heterocycles. The molecule has 0 unspecified atom stereocenters. The molecule has 0 fully saturated rings. The monoisotopic (exact) mass is 362 g/mol. The van der Waals surface area contributed by atoms with E-state index in [2.05, 4.69) is 13.8 Å². The van der Waals surface area contributed by atoms with Gasteiger partial charge in [0.15, 0.2) is 0 Å². The van der Waals surface area contributed by atoms with E-state index in [1.807, 2.05) is 0 Å². The van der Waals surface area contributed by atoms with Crippen LogP contribution in [0.1, 0.15) is 30.6 Å². The van der Waals surface area contributed by atoms with Gasteiger partial charge in [-0.05, 0) is 36.6 Å². The minimum Gasteiger partial charge on any atom is -0.434 e. The molecular formula is C13H15IO4. The van der Waals surface area contributed by atoms with Gasteiger partial charge in [0.1, 0.15) is 5.75 Å². The number of ether oxygens (including phenoxy) is 2. The van der Waals surface area contributed by atoms with Gasteiger partial charge in [0.25, 0.3) is 0 Å². The van der Waals surface area contributed by atoms with Crippen molar-refractivity contribution in [3.05, 3.63) is 29.8 Å². The molecule has 0 N–H and O–H groups in total. The predicted molar refractivity (Wildman–Crippen MR) is 76.2 cm³/mol. The van der Waals surface area contributed by atoms with Gasteiger partial charge in [0.2, 0.25) is 3.79 Å². The molecule has 0 aliphatic rings. The van der Waals surface area contributed by atoms with Gasteiger partial charge in [0.05, 0.1) is 6.61 Å². The van der Waals surface area contributed by atoms with E-state index in [9.17, 15) is 9.59 Å². The number of carbonyl (C=O) groups excluding carboxylic acids is 2. The van der Waals surface area contributed by atoms with E-state index in [1.54, 1.807) is 46.9 Å². The summed E-state index contributed by atoms with van der Waals surface area (Å²) < 4.78 is 9.80. The van der Waals surface area contributed by atoms with Crippen molar-refractivity contribution in [3.63, 3.8) is 0 Å². The Morgan fingerprint density at radius 3 is 2.33 bits per heavy atom. The van der Waals surface area contributed by atoms with E-state index in [0.717, 1.165) is 6.42 Å². The van der Waals surface area contributed by atoms with Crippen LogP contribution in [0.4, 0.5) is 4.79 Å². The molecule has 4 nitrogen and oxygen atoms in total. The summed E-state index contributed by atoms with van der Waals surface area (Å²) in [4.78, 5) is 22.3. The summed E-state index contributed by atoms with van der Waals surface area (Å²) in [6, 6.07) is 6.34. The third-order valence-corrected chi connectivity index (χ3v) is 2.82. The lowest BCUT2D eigenvalue weighted by Crippen LogP contribution is -2.12. The summed E-state index contributed by atoms with van der Waals surface area (Å²) in [5.74, 6) is 0.845. The summed E-state index contributed by atoms with van der Waals surface area (Å²) in [5, 5.41) is 0. The van der Waals surface area contributed by atoms with Crippen LogP contribution < -0.4 is 4.74 Å². The largest absolute Gasteiger partial charge is 0.513 e. The first kappa shape index (κ1) is 14.9. The highest BCUT2D eigenvalue weighted by molar-refractivity contribution is 14.1. The molecule has 0 aliphatic carbocycles. The lowest BCUT2D eigenvalue weighted by Gasteiger charge is -2.07. The Bertz CT molecular complexity index is 412. The Kier molecular flexibility index (Phi) is 6.11. The second-order valence-corrected chi connectivity index (χ2v) is 5.16. The van der Waals surface area contributed by atoms with Gasteiger partial charge in [-0.3, -0.25) is 4.79 Å². The topological polar surface area (TPSA) is 52.6 Å². The Hall–Kier alpha value is -1.11. The van der Waals surface area contributed by atoms with Gasteiger partial charge >= 0.3 is 6.16 Å². The van der Waals surface area contributed by atoms with Crippen LogP contribution in [0.3, 0.4) is 0 Å². The fraction of sp³-hybridized carbons (Fsp3) is 0.385. The lowest BCUT2D eigenvalue weighted by molar-refractivity contribution is 0.0949. The molecule has 1 aromatic carbocycles. The first-order valence-electron chi connectivity index (χ1n) is 5.63. The third-order valence-electron chi connectivity index (χ3n) is 2.20. The quantitative estimate of drug-likeness (QED) is 0.346. The molecule has 5 heteroatoms. The average Bonchev–Trinajstić information content (AvgIpc) is 2.29. The zero-order valence-corrected chi connectivity index (χ0v) is 12.5. The molecule has 0 atom stereocenters. The lowest BCUT2D eigenvalue weighted by atomic mass is 10.1. The van der Waals surface area contributed by atoms with Crippen LogP contribution in [-0.4, -0.2) is 16.6 Å². The smallest absolute Gasteiger partial charge is 0.434 e. The maximum Gasteiger partial charge on any atom is 0.513 e. The van der Waals surface area contributed by atoms with E-state index in [1.165, 1.54) is 0 Å². The summed E-state index contributed by atoms with van der Waals surface area (Å²) in [7, 11) is 0. The molecule has 0 amide bonds. The van der Waals surface area contributed by atoms with Crippen LogP contribution in [0, 0.1) is 5.92 Å². The molecule has 0 spiro atoms. The average molecular weight is 362 g/mol. The predicted octanol–water partition coefficient (Wildman–Crippen LogP) is 3.82. The van der Waals surface area contributed by atoms with Crippen LogP contribution in [0.2, 0.25) is 0 Å². The Labute approximate surface area is 120 Å². The molecule has 0 radical (unpaired) electrons. The second-order valence-electron chi connectivity index (χ2n) is 4.18. The first-order chi connectivity index (χ1) is 8.49. The minimum atomic E-state index is -0.718. The molecule has 0 aliphatic heterocycles. The number of hydrogen-bond donors (Lipinski definition) is 0. The number of carbonyl (C=O) groups is 2. The Balaban J connectivity index is 2.42. The summed E-state index contributed by atoms with van der Waals surface area (Å²) in [6.07, 6.45) is 0.0846. The summed E-state index contributed by atoms with van der Waals surface area (Å²) in [6.45, 7) is 4.45. The van der Waals surface area contributed by atoms with Crippen LogP contribution in [-0.2, 0) is 4.74 Å². The maximum absolute atomic E-state index is 11.3. The third kappa shape index (κ3) is 5.48. The number of halogens is 1. The highest BCUT2D eigenvalue weighted by atomic mass is 127. The van der Waals surface area contributed by atoms with E-state index in [-0.39, 0.29) is 3.79 Å². The van der Waals surface area contributed by atoms with Crippen LogP contribution in [0.25, 0.3) is 0 Å². The van der Waals surface area contributed by atoms with E-state index in [4.69, 9.17) is 9.47 Å². The molecule has 0 aromatic heterocycles. The van der Waals surface area contributed by atoms with Crippen molar-refractivity contribution in [1.82, 2.24) is 0 Å². The number of benzene rings is 1. The maximum atomic E-state index is 11.3. The molecule has 0 heterocycles. The number of rotatable bonds is 5. The van der Waals surface area contributed by atoms with Gasteiger partial charge in [-0.2, -0.15) is 0 Å². The highest BCUT2D eigenvalue weighted by Crippen LogP contribution is 2.15. The number of hydrogen-bond acceptors (Lipinski definition) is 4. The van der Waals surface area contributed by atoms with Crippen LogP contribution >= 0.6 is 22.6 Å². The fourth-order valence-electron chi connectivity index (χ4n) is 1.16. The second kappa shape index (κ2) is 7.35. The minimum absolute atomic E-state index is 0.0568. The first-order valence-corrected chi connectivity index (χ1v) is 6.71. The highest BCUT2D eigenvalue weighted by Gasteiger charge is 2.07. The van der Waals surface area contributed by atoms with Crippen molar-refractivity contribution in [2.24, 2.45) is 5.92 Å². The van der Waals surface area contributed by atoms with Crippen LogP contribution in [0.5, 0.6) is 5.75 Å². The van der Waals surface area contributed by atoms with Crippen molar-refractivity contribution < 1.29 is 19.1 Å². The van der Waals surface area contributed by atoms with Gasteiger partial charge < -0.3 is 9.47 Å². The van der Waals surface area contributed by atoms with Crippen molar-refractivity contribution >= 4 is 32.5 Å². The molecular weight excluding hydrogens is 347 g/mol. The van der Waals surface area contributed by atoms with Crippen molar-refractivity contribution in [2.75, 3.05) is 6.61 Å². The van der Waals surface area contributed by atoms with E-state index in [0.29, 0.717) is 23.8 Å². The standard InChI is InChI=1S/C13H15IO4/c1-9(2)7-8-17-13(16)18-11-5-3-10(4-6-11)12(14)15/h3-6,9H,7-8H2,1-2H3. The zero-order chi connectivity index (χ0) is 13.5. The van der Waals surface area contributed by atoms with Crippen molar-refractivity contribution in [1.29, 1.82) is 0 Å². The summed E-state index contributed by atoms with van der Waals surface area (Å²) in [5.41, 5.74) is 0.566. The summed E-state index contributed by atoms with van der Waals surface area (Å²) >= 11 is 1.70. The Morgan fingerprint density at radius 1 is 1.22 bits per heavy atom. The van der Waals surface area contributed by atoms with Gasteiger partial charge in [-0.25, -0.2) is 4.79 Å². The van der Waals surface area contributed by atoms with E-state index >= 15 is 0 Å². The SMILES string of the molecule is CC(C)CCOC(=O)Oc1ccc(C(=O)I)cc1. The molecule has 1 aromatic rings.